The zero-order valence-corrected chi connectivity index (χ0v) is 18.1. The van der Waals surface area contributed by atoms with Crippen molar-refractivity contribution >= 4 is 18.0 Å². The Morgan fingerprint density at radius 2 is 1.66 bits per heavy atom. The van der Waals surface area contributed by atoms with Crippen molar-refractivity contribution in [1.29, 1.82) is 0 Å². The first-order chi connectivity index (χ1) is 15.5. The van der Waals surface area contributed by atoms with Gasteiger partial charge in [-0.1, -0.05) is 55.5 Å². The number of carboxylic acid groups (broad SMARTS) is 1. The SMILES string of the molecule is CC(CCCNC(=O)OCC1c2ccccc2-c2ccccc21)C(=O)N1CC(C(=O)O)C1. The number of ether oxygens (including phenoxy) is 1. The maximum absolute atomic E-state index is 12.3. The van der Waals surface area contributed by atoms with Crippen molar-refractivity contribution in [2.75, 3.05) is 26.2 Å². The molecule has 1 unspecified atom stereocenters. The van der Waals surface area contributed by atoms with E-state index in [2.05, 4.69) is 29.6 Å². The molecule has 2 aromatic carbocycles. The van der Waals surface area contributed by atoms with E-state index >= 15 is 0 Å². The summed E-state index contributed by atoms with van der Waals surface area (Å²) in [5, 5.41) is 11.7. The van der Waals surface area contributed by atoms with E-state index in [-0.39, 0.29) is 37.4 Å². The van der Waals surface area contributed by atoms with Gasteiger partial charge in [0.15, 0.2) is 0 Å². The summed E-state index contributed by atoms with van der Waals surface area (Å²) < 4.78 is 5.51. The van der Waals surface area contributed by atoms with Gasteiger partial charge in [-0.05, 0) is 35.1 Å². The number of alkyl carbamates (subject to hydrolysis) is 1. The van der Waals surface area contributed by atoms with Gasteiger partial charge in [-0.2, -0.15) is 0 Å². The number of benzene rings is 2. The second kappa shape index (κ2) is 9.42. The minimum absolute atomic E-state index is 0.0244. The molecule has 1 aliphatic carbocycles. The van der Waals surface area contributed by atoms with Gasteiger partial charge in [-0.25, -0.2) is 4.79 Å². The second-order valence-electron chi connectivity index (χ2n) is 8.57. The lowest BCUT2D eigenvalue weighted by Gasteiger charge is -2.38. The molecule has 7 heteroatoms. The zero-order valence-electron chi connectivity index (χ0n) is 18.1. The van der Waals surface area contributed by atoms with Crippen molar-refractivity contribution in [2.45, 2.75) is 25.7 Å². The number of fused-ring (bicyclic) bond motifs is 3. The number of nitrogens with one attached hydrogen (secondary N) is 1. The smallest absolute Gasteiger partial charge is 0.407 e. The number of amides is 2. The van der Waals surface area contributed by atoms with Gasteiger partial charge in [-0.3, -0.25) is 9.59 Å². The van der Waals surface area contributed by atoms with Crippen LogP contribution in [0.1, 0.15) is 36.8 Å². The molecule has 1 saturated heterocycles. The van der Waals surface area contributed by atoms with Crippen LogP contribution in [0.15, 0.2) is 48.5 Å². The molecule has 168 valence electrons. The first kappa shape index (κ1) is 21.9. The molecule has 1 atom stereocenters. The highest BCUT2D eigenvalue weighted by atomic mass is 16.5. The van der Waals surface area contributed by atoms with E-state index in [1.807, 2.05) is 31.2 Å². The lowest BCUT2D eigenvalue weighted by molar-refractivity contribution is -0.154. The molecular weight excluding hydrogens is 408 g/mol. The number of aliphatic carboxylic acids is 1. The Morgan fingerprint density at radius 3 is 2.25 bits per heavy atom. The Kier molecular flexibility index (Phi) is 6.44. The summed E-state index contributed by atoms with van der Waals surface area (Å²) in [5.74, 6) is -1.50. The van der Waals surface area contributed by atoms with E-state index in [4.69, 9.17) is 9.84 Å². The summed E-state index contributed by atoms with van der Waals surface area (Å²) in [6, 6.07) is 16.4. The highest BCUT2D eigenvalue weighted by Crippen LogP contribution is 2.44. The lowest BCUT2D eigenvalue weighted by atomic mass is 9.96. The van der Waals surface area contributed by atoms with E-state index in [1.54, 1.807) is 4.90 Å². The zero-order chi connectivity index (χ0) is 22.7. The maximum atomic E-state index is 12.3. The normalized spacial score (nSPS) is 16.0. The van der Waals surface area contributed by atoms with Gasteiger partial charge in [-0.15, -0.1) is 0 Å². The van der Waals surface area contributed by atoms with Crippen molar-refractivity contribution in [1.82, 2.24) is 10.2 Å². The van der Waals surface area contributed by atoms with Crippen LogP contribution in [0.5, 0.6) is 0 Å². The third-order valence-electron chi connectivity index (χ3n) is 6.39. The molecule has 0 bridgehead atoms. The first-order valence-electron chi connectivity index (χ1n) is 11.1. The van der Waals surface area contributed by atoms with Crippen LogP contribution in [0.2, 0.25) is 0 Å². The molecule has 0 saturated carbocycles. The van der Waals surface area contributed by atoms with Crippen molar-refractivity contribution in [3.05, 3.63) is 59.7 Å². The molecule has 1 aliphatic heterocycles. The van der Waals surface area contributed by atoms with Gasteiger partial charge in [0.05, 0.1) is 5.92 Å². The quantitative estimate of drug-likeness (QED) is 0.618. The number of rotatable bonds is 8. The molecule has 4 rings (SSSR count). The summed E-state index contributed by atoms with van der Waals surface area (Å²) in [5.41, 5.74) is 4.72. The monoisotopic (exact) mass is 436 g/mol. The van der Waals surface area contributed by atoms with Crippen molar-refractivity contribution in [2.24, 2.45) is 11.8 Å². The summed E-state index contributed by atoms with van der Waals surface area (Å²) in [6.07, 6.45) is 0.808. The number of carboxylic acids is 1. The third kappa shape index (κ3) is 4.47. The van der Waals surface area contributed by atoms with Gasteiger partial charge in [0, 0.05) is 31.5 Å². The average Bonchev–Trinajstić information content (AvgIpc) is 3.07. The highest BCUT2D eigenvalue weighted by molar-refractivity contribution is 5.82. The number of hydrogen-bond acceptors (Lipinski definition) is 4. The van der Waals surface area contributed by atoms with E-state index in [9.17, 15) is 14.4 Å². The van der Waals surface area contributed by atoms with Crippen LogP contribution in [0.3, 0.4) is 0 Å². The van der Waals surface area contributed by atoms with E-state index in [1.165, 1.54) is 22.3 Å². The summed E-state index contributed by atoms with van der Waals surface area (Å²) in [6.45, 7) is 3.11. The van der Waals surface area contributed by atoms with E-state index < -0.39 is 18.0 Å². The van der Waals surface area contributed by atoms with Gasteiger partial charge in [0.2, 0.25) is 5.91 Å². The van der Waals surface area contributed by atoms with Crippen LogP contribution in [0.25, 0.3) is 11.1 Å². The van der Waals surface area contributed by atoms with Crippen LogP contribution < -0.4 is 5.32 Å². The fourth-order valence-electron chi connectivity index (χ4n) is 4.50. The van der Waals surface area contributed by atoms with Crippen LogP contribution in [0, 0.1) is 11.8 Å². The minimum Gasteiger partial charge on any atom is -0.481 e. The summed E-state index contributed by atoms with van der Waals surface area (Å²) in [4.78, 5) is 36.9. The van der Waals surface area contributed by atoms with Gasteiger partial charge >= 0.3 is 12.1 Å². The Balaban J connectivity index is 1.19. The molecule has 32 heavy (non-hydrogen) atoms. The standard InChI is InChI=1S/C25H28N2O5/c1-16(23(28)27-13-17(14-27)24(29)30)7-6-12-26-25(31)32-15-22-20-10-4-2-8-18(20)19-9-3-5-11-21(19)22/h2-5,8-11,16-17,22H,6-7,12-15H2,1H3,(H,26,31)(H,29,30). The van der Waals surface area contributed by atoms with E-state index in [0.717, 1.165) is 0 Å². The highest BCUT2D eigenvalue weighted by Gasteiger charge is 2.37. The van der Waals surface area contributed by atoms with Crippen LogP contribution in [-0.2, 0) is 14.3 Å². The topological polar surface area (TPSA) is 95.9 Å². The number of carbonyl (C=O) groups is 3. The largest absolute Gasteiger partial charge is 0.481 e. The van der Waals surface area contributed by atoms with Crippen molar-refractivity contribution < 1.29 is 24.2 Å². The third-order valence-corrected chi connectivity index (χ3v) is 6.39. The summed E-state index contributed by atoms with van der Waals surface area (Å²) >= 11 is 0. The van der Waals surface area contributed by atoms with Crippen molar-refractivity contribution in [3.8, 4) is 11.1 Å². The first-order valence-corrected chi connectivity index (χ1v) is 11.1. The van der Waals surface area contributed by atoms with Crippen LogP contribution in [-0.4, -0.2) is 54.2 Å². The van der Waals surface area contributed by atoms with Gasteiger partial charge in [0.25, 0.3) is 0 Å². The number of likely N-dealkylation sites (tertiary alicyclic amines) is 1. The van der Waals surface area contributed by atoms with Crippen LogP contribution in [0.4, 0.5) is 4.79 Å². The number of carbonyl (C=O) groups excluding carboxylic acids is 2. The Hall–Kier alpha value is -3.35. The van der Waals surface area contributed by atoms with Gasteiger partial charge < -0.3 is 20.1 Å². The molecule has 2 amide bonds. The molecule has 1 heterocycles. The molecule has 0 aromatic heterocycles. The predicted octanol–water partition coefficient (Wildman–Crippen LogP) is 3.48. The average molecular weight is 437 g/mol. The van der Waals surface area contributed by atoms with E-state index in [0.29, 0.717) is 19.4 Å². The number of nitrogens with zero attached hydrogens (tertiary/aromatic N) is 1. The fraction of sp³-hybridized carbons (Fsp3) is 0.400. The second-order valence-corrected chi connectivity index (χ2v) is 8.57. The van der Waals surface area contributed by atoms with Crippen LogP contribution >= 0.6 is 0 Å². The Bertz CT molecular complexity index is 969. The molecule has 2 aliphatic rings. The van der Waals surface area contributed by atoms with Gasteiger partial charge in [0.1, 0.15) is 6.61 Å². The molecule has 1 fully saturated rings. The predicted molar refractivity (Wildman–Crippen MR) is 119 cm³/mol. The summed E-state index contributed by atoms with van der Waals surface area (Å²) in [7, 11) is 0. The molecule has 0 radical (unpaired) electrons. The minimum atomic E-state index is -0.853. The lowest BCUT2D eigenvalue weighted by Crippen LogP contribution is -2.54. The molecule has 2 N–H and O–H groups in total. The maximum Gasteiger partial charge on any atom is 0.407 e. The Morgan fingerprint density at radius 1 is 1.06 bits per heavy atom. The molecular formula is C25H28N2O5. The van der Waals surface area contributed by atoms with Crippen molar-refractivity contribution in [3.63, 3.8) is 0 Å². The fourth-order valence-corrected chi connectivity index (χ4v) is 4.50. The number of hydrogen-bond donors (Lipinski definition) is 2. The Labute approximate surface area is 187 Å². The molecule has 7 nitrogen and oxygen atoms in total. The molecule has 0 spiro atoms. The molecule has 2 aromatic rings.